The van der Waals surface area contributed by atoms with Crippen LogP contribution in [0, 0.1) is 5.41 Å². The smallest absolute Gasteiger partial charge is 0.378 e. The number of carbonyl (C=O) groups is 2. The second-order valence-corrected chi connectivity index (χ2v) is 5.99. The molecule has 0 aromatic carbocycles. The summed E-state index contributed by atoms with van der Waals surface area (Å²) in [6.07, 6.45) is -2.01. The van der Waals surface area contributed by atoms with Crippen LogP contribution in [0.15, 0.2) is 0 Å². The van der Waals surface area contributed by atoms with Gasteiger partial charge in [0.2, 0.25) is 5.91 Å². The summed E-state index contributed by atoms with van der Waals surface area (Å²) in [4.78, 5) is 24.6. The second kappa shape index (κ2) is 6.16. The fourth-order valence-electron chi connectivity index (χ4n) is 3.27. The topological polar surface area (TPSA) is 64.6 Å². The highest BCUT2D eigenvalue weighted by Crippen LogP contribution is 2.51. The summed E-state index contributed by atoms with van der Waals surface area (Å²) in [5.41, 5.74) is -1.47. The zero-order valence-corrected chi connectivity index (χ0v) is 12.4. The van der Waals surface area contributed by atoms with E-state index in [-0.39, 0.29) is 25.4 Å². The third-order valence-electron chi connectivity index (χ3n) is 4.70. The molecule has 22 heavy (non-hydrogen) atoms. The number of ketones is 1. The van der Waals surface area contributed by atoms with Crippen molar-refractivity contribution in [1.29, 1.82) is 0 Å². The Balaban J connectivity index is 1.82. The summed E-state index contributed by atoms with van der Waals surface area (Å²) >= 11 is 0. The molecule has 3 rings (SSSR count). The normalized spacial score (nSPS) is 31.4. The minimum atomic E-state index is -4.38. The first kappa shape index (κ1) is 17.2. The molecule has 0 aromatic heterocycles. The predicted octanol–water partition coefficient (Wildman–Crippen LogP) is 1.60. The van der Waals surface area contributed by atoms with Crippen LogP contribution in [0.5, 0.6) is 0 Å². The van der Waals surface area contributed by atoms with Gasteiger partial charge in [-0.1, -0.05) is 0 Å². The van der Waals surface area contributed by atoms with Gasteiger partial charge in [0, 0.05) is 20.1 Å². The number of nitrogens with one attached hydrogen (secondary N) is 1. The number of carbonyl (C=O) groups excluding carboxylic acids is 2. The van der Waals surface area contributed by atoms with Crippen LogP contribution in [0.4, 0.5) is 13.2 Å². The molecule has 3 aliphatic rings. The number of fused-ring (bicyclic) bond motifs is 3. The molecule has 8 heteroatoms. The number of halogens is 3. The number of Topliss-reactive ketones (excluding diaryl/α,β-unsaturated/α-hetero) is 1. The second-order valence-electron chi connectivity index (χ2n) is 5.99. The van der Waals surface area contributed by atoms with Crippen LogP contribution in [-0.4, -0.2) is 50.3 Å². The van der Waals surface area contributed by atoms with Crippen LogP contribution in [0.2, 0.25) is 0 Å². The Morgan fingerprint density at radius 2 is 1.91 bits per heavy atom. The van der Waals surface area contributed by atoms with Gasteiger partial charge in [-0.25, -0.2) is 0 Å². The van der Waals surface area contributed by atoms with Gasteiger partial charge >= 0.3 is 6.18 Å². The lowest BCUT2D eigenvalue weighted by Crippen LogP contribution is -2.59. The highest BCUT2D eigenvalue weighted by atomic mass is 19.4. The molecular weight excluding hydrogens is 303 g/mol. The van der Waals surface area contributed by atoms with Gasteiger partial charge in [-0.05, 0) is 25.7 Å². The van der Waals surface area contributed by atoms with E-state index in [1.54, 1.807) is 7.11 Å². The highest BCUT2D eigenvalue weighted by molar-refractivity contribution is 6.07. The van der Waals surface area contributed by atoms with Gasteiger partial charge < -0.3 is 14.8 Å². The maximum atomic E-state index is 12.3. The quantitative estimate of drug-likeness (QED) is 0.596. The number of hydrogen-bond donors (Lipinski definition) is 1. The Morgan fingerprint density at radius 3 is 2.41 bits per heavy atom. The van der Waals surface area contributed by atoms with E-state index in [1.807, 2.05) is 0 Å². The number of hydrogen-bond acceptors (Lipinski definition) is 4. The summed E-state index contributed by atoms with van der Waals surface area (Å²) in [6.45, 7) is -1.62. The summed E-state index contributed by atoms with van der Waals surface area (Å²) in [7, 11) is 1.57. The highest BCUT2D eigenvalue weighted by Gasteiger charge is 2.58. The maximum absolute atomic E-state index is 12.3. The molecule has 0 spiro atoms. The van der Waals surface area contributed by atoms with Gasteiger partial charge in [-0.3, -0.25) is 9.59 Å². The van der Waals surface area contributed by atoms with Crippen molar-refractivity contribution in [2.75, 3.05) is 26.9 Å². The van der Waals surface area contributed by atoms with E-state index < -0.39 is 29.7 Å². The number of methoxy groups -OCH3 is 1. The summed E-state index contributed by atoms with van der Waals surface area (Å²) in [5.74, 6) is -0.543. The van der Waals surface area contributed by atoms with Crippen LogP contribution in [0.3, 0.4) is 0 Å². The Hall–Kier alpha value is -1.15. The molecule has 0 radical (unpaired) electrons. The Bertz CT molecular complexity index is 442. The Kier molecular flexibility index (Phi) is 4.81. The van der Waals surface area contributed by atoms with Crippen molar-refractivity contribution in [3.8, 4) is 0 Å². The fourth-order valence-corrected chi connectivity index (χ4v) is 3.27. The standard InChI is InChI=1S/C14H20F3NO4/c1-21-12-2-4-13(5-3-12,10(19)8-12)11(20)18-6-7-22-9-14(15,16)17/h2-9H2,1H3,(H,18,20). The van der Waals surface area contributed by atoms with E-state index in [4.69, 9.17) is 4.74 Å². The lowest BCUT2D eigenvalue weighted by molar-refractivity contribution is -0.173. The van der Waals surface area contributed by atoms with Crippen molar-refractivity contribution in [1.82, 2.24) is 5.32 Å². The Labute approximate surface area is 126 Å². The lowest BCUT2D eigenvalue weighted by Gasteiger charge is -2.50. The van der Waals surface area contributed by atoms with E-state index in [1.165, 1.54) is 0 Å². The van der Waals surface area contributed by atoms with E-state index in [2.05, 4.69) is 10.1 Å². The molecule has 0 atom stereocenters. The molecule has 126 valence electrons. The summed E-state index contributed by atoms with van der Waals surface area (Å²) < 4.78 is 45.6. The van der Waals surface area contributed by atoms with Gasteiger partial charge in [0.25, 0.3) is 0 Å². The van der Waals surface area contributed by atoms with E-state index >= 15 is 0 Å². The minimum Gasteiger partial charge on any atom is -0.378 e. The lowest BCUT2D eigenvalue weighted by atomic mass is 9.57. The predicted molar refractivity (Wildman–Crippen MR) is 70.1 cm³/mol. The minimum absolute atomic E-state index is 0.0423. The van der Waals surface area contributed by atoms with Crippen molar-refractivity contribution < 1.29 is 32.2 Å². The van der Waals surface area contributed by atoms with Gasteiger partial charge in [-0.2, -0.15) is 13.2 Å². The molecule has 0 unspecified atom stereocenters. The van der Waals surface area contributed by atoms with Crippen LogP contribution in [0.25, 0.3) is 0 Å². The third kappa shape index (κ3) is 3.43. The van der Waals surface area contributed by atoms with Crippen molar-refractivity contribution in [2.45, 2.75) is 43.9 Å². The van der Waals surface area contributed by atoms with Crippen molar-refractivity contribution in [3.63, 3.8) is 0 Å². The third-order valence-corrected chi connectivity index (χ3v) is 4.70. The molecule has 3 aliphatic carbocycles. The molecule has 2 bridgehead atoms. The molecule has 0 saturated heterocycles. The van der Waals surface area contributed by atoms with Gasteiger partial charge in [0.05, 0.1) is 12.2 Å². The average molecular weight is 323 g/mol. The van der Waals surface area contributed by atoms with Crippen LogP contribution in [-0.2, 0) is 19.1 Å². The number of alkyl halides is 3. The van der Waals surface area contributed by atoms with Gasteiger partial charge in [0.1, 0.15) is 12.0 Å². The van der Waals surface area contributed by atoms with E-state index in [0.29, 0.717) is 25.7 Å². The Morgan fingerprint density at radius 1 is 1.27 bits per heavy atom. The molecule has 0 aliphatic heterocycles. The first-order valence-corrected chi connectivity index (χ1v) is 7.24. The zero-order valence-electron chi connectivity index (χ0n) is 12.4. The molecular formula is C14H20F3NO4. The monoisotopic (exact) mass is 323 g/mol. The fraction of sp³-hybridized carbons (Fsp3) is 0.857. The molecule has 5 nitrogen and oxygen atoms in total. The van der Waals surface area contributed by atoms with Crippen LogP contribution < -0.4 is 5.32 Å². The van der Waals surface area contributed by atoms with E-state index in [0.717, 1.165) is 0 Å². The van der Waals surface area contributed by atoms with Crippen molar-refractivity contribution in [2.24, 2.45) is 5.41 Å². The van der Waals surface area contributed by atoms with Crippen LogP contribution >= 0.6 is 0 Å². The molecule has 0 aromatic rings. The van der Waals surface area contributed by atoms with Crippen molar-refractivity contribution >= 4 is 11.7 Å². The molecule has 0 heterocycles. The zero-order chi connectivity index (χ0) is 16.4. The molecule has 3 saturated carbocycles. The number of rotatable bonds is 6. The van der Waals surface area contributed by atoms with E-state index in [9.17, 15) is 22.8 Å². The SMILES string of the molecule is COC12CCC(C(=O)NCCOCC(F)(F)F)(CC1)C(=O)C2. The number of amides is 1. The first-order valence-electron chi connectivity index (χ1n) is 7.24. The summed E-state index contributed by atoms with van der Waals surface area (Å²) in [6, 6.07) is 0. The summed E-state index contributed by atoms with van der Waals surface area (Å²) in [5, 5.41) is 2.52. The average Bonchev–Trinajstić information content (AvgIpc) is 2.46. The largest absolute Gasteiger partial charge is 0.411 e. The van der Waals surface area contributed by atoms with Crippen LogP contribution in [0.1, 0.15) is 32.1 Å². The number of ether oxygens (including phenoxy) is 2. The first-order chi connectivity index (χ1) is 10.2. The molecule has 1 N–H and O–H groups in total. The molecule has 3 fully saturated rings. The van der Waals surface area contributed by atoms with Crippen molar-refractivity contribution in [3.05, 3.63) is 0 Å². The van der Waals surface area contributed by atoms with Gasteiger partial charge in [-0.15, -0.1) is 0 Å². The maximum Gasteiger partial charge on any atom is 0.411 e. The molecule has 1 amide bonds. The van der Waals surface area contributed by atoms with Gasteiger partial charge in [0.15, 0.2) is 5.78 Å².